The van der Waals surface area contributed by atoms with Crippen molar-refractivity contribution in [2.75, 3.05) is 0 Å². The first kappa shape index (κ1) is 13.9. The van der Waals surface area contributed by atoms with Gasteiger partial charge in [0.2, 0.25) is 0 Å². The molecule has 0 aliphatic heterocycles. The molecule has 0 fully saturated rings. The van der Waals surface area contributed by atoms with Gasteiger partial charge in [-0.15, -0.1) is 0 Å². The van der Waals surface area contributed by atoms with Crippen LogP contribution >= 0.6 is 0 Å². The van der Waals surface area contributed by atoms with E-state index in [4.69, 9.17) is 0 Å². The minimum atomic E-state index is -0.920. The molecule has 3 heteroatoms. The zero-order valence-electron chi connectivity index (χ0n) is 7.06. The summed E-state index contributed by atoms with van der Waals surface area (Å²) in [5.74, 6) is -0.920. The van der Waals surface area contributed by atoms with Crippen LogP contribution in [0.2, 0.25) is 0 Å². The largest absolute Gasteiger partial charge is 4.00 e. The van der Waals surface area contributed by atoms with Crippen molar-refractivity contribution in [3.8, 4) is 0 Å². The van der Waals surface area contributed by atoms with Crippen LogP contribution in [0.3, 0.4) is 0 Å². The van der Waals surface area contributed by atoms with Gasteiger partial charge in [0, 0.05) is 5.97 Å². The van der Waals surface area contributed by atoms with Crippen LogP contribution in [0.4, 0.5) is 0 Å². The first-order valence-corrected chi connectivity index (χ1v) is 3.97. The zero-order valence-corrected chi connectivity index (χ0v) is 9.52. The summed E-state index contributed by atoms with van der Waals surface area (Å²) in [5, 5.41) is 9.92. The molecule has 11 heavy (non-hydrogen) atoms. The molecule has 0 radical (unpaired) electrons. The Kier molecular flexibility index (Phi) is 13.1. The Labute approximate surface area is 87.5 Å². The van der Waals surface area contributed by atoms with Gasteiger partial charge in [0.25, 0.3) is 0 Å². The molecule has 0 unspecified atom stereocenters. The first-order valence-electron chi connectivity index (χ1n) is 3.97. The maximum Gasteiger partial charge on any atom is 4.00 e. The molecule has 0 saturated heterocycles. The van der Waals surface area contributed by atoms with Gasteiger partial charge in [0.05, 0.1) is 0 Å². The molecule has 0 aliphatic carbocycles. The second-order valence-corrected chi connectivity index (χ2v) is 2.54. The summed E-state index contributed by atoms with van der Waals surface area (Å²) in [7, 11) is 0. The number of unbranched alkanes of at least 4 members (excludes halogenated alkanes) is 4. The molecular weight excluding hydrogens is 219 g/mol. The molecule has 2 nitrogen and oxygen atoms in total. The summed E-state index contributed by atoms with van der Waals surface area (Å²) in [4.78, 5) is 9.92. The fraction of sp³-hybridized carbons (Fsp3) is 0.875. The van der Waals surface area contributed by atoms with Crippen LogP contribution in [0.1, 0.15) is 45.4 Å². The van der Waals surface area contributed by atoms with Crippen LogP contribution in [0, 0.1) is 0 Å². The summed E-state index contributed by atoms with van der Waals surface area (Å²) < 4.78 is 0. The smallest absolute Gasteiger partial charge is 0.550 e. The van der Waals surface area contributed by atoms with E-state index < -0.39 is 5.97 Å². The van der Waals surface area contributed by atoms with Crippen LogP contribution in [0.25, 0.3) is 0 Å². The minimum absolute atomic E-state index is 0. The van der Waals surface area contributed by atoms with Crippen molar-refractivity contribution in [3.63, 3.8) is 0 Å². The normalized spacial score (nSPS) is 8.82. The van der Waals surface area contributed by atoms with Gasteiger partial charge < -0.3 is 9.90 Å². The summed E-state index contributed by atoms with van der Waals surface area (Å²) in [5.41, 5.74) is 0. The van der Waals surface area contributed by atoms with Crippen LogP contribution in [-0.4, -0.2) is 5.97 Å². The fourth-order valence-corrected chi connectivity index (χ4v) is 0.873. The number of carboxylic acid groups (broad SMARTS) is 1. The van der Waals surface area contributed by atoms with Gasteiger partial charge in [-0.25, -0.2) is 0 Å². The number of carboxylic acids is 1. The number of hydrogen-bond acceptors (Lipinski definition) is 2. The van der Waals surface area contributed by atoms with E-state index in [9.17, 15) is 9.90 Å². The molecular formula is C8H15O2Zr+3. The maximum absolute atomic E-state index is 9.92. The van der Waals surface area contributed by atoms with Crippen molar-refractivity contribution in [2.45, 2.75) is 45.4 Å². The van der Waals surface area contributed by atoms with Crippen molar-refractivity contribution in [2.24, 2.45) is 0 Å². The molecule has 0 spiro atoms. The fourth-order valence-electron chi connectivity index (χ4n) is 0.873. The first-order chi connectivity index (χ1) is 4.77. The third kappa shape index (κ3) is 13.4. The zero-order chi connectivity index (χ0) is 7.82. The van der Waals surface area contributed by atoms with Crippen molar-refractivity contribution < 1.29 is 36.1 Å². The minimum Gasteiger partial charge on any atom is -0.550 e. The summed E-state index contributed by atoms with van der Waals surface area (Å²) in [6, 6.07) is 0. The Hall–Kier alpha value is 0.353. The predicted molar refractivity (Wildman–Crippen MR) is 38.4 cm³/mol. The van der Waals surface area contributed by atoms with Crippen LogP contribution < -0.4 is 5.11 Å². The van der Waals surface area contributed by atoms with E-state index in [0.717, 1.165) is 19.3 Å². The van der Waals surface area contributed by atoms with E-state index in [1.165, 1.54) is 12.8 Å². The summed E-state index contributed by atoms with van der Waals surface area (Å²) >= 11 is 0. The summed E-state index contributed by atoms with van der Waals surface area (Å²) in [6.07, 6.45) is 5.61. The monoisotopic (exact) mass is 233 g/mol. The number of carbonyl (C=O) groups is 1. The molecule has 0 rings (SSSR count). The standard InChI is InChI=1S/C8H16O2.Zr/c1-2-3-4-5-6-7-8(9)10;/h2-7H2,1H3,(H,9,10);/q;+4/p-1. The molecule has 0 aromatic heterocycles. The van der Waals surface area contributed by atoms with E-state index >= 15 is 0 Å². The average Bonchev–Trinajstić information content (AvgIpc) is 1.87. The van der Waals surface area contributed by atoms with E-state index in [0.29, 0.717) is 0 Å². The number of carbonyl (C=O) groups excluding carboxylic acids is 1. The molecule has 0 saturated carbocycles. The van der Waals surface area contributed by atoms with Gasteiger partial charge in [-0.05, 0) is 12.8 Å². The van der Waals surface area contributed by atoms with Crippen molar-refractivity contribution in [1.29, 1.82) is 0 Å². The van der Waals surface area contributed by atoms with E-state index in [2.05, 4.69) is 6.92 Å². The second kappa shape index (κ2) is 10.4. The Morgan fingerprint density at radius 2 is 1.73 bits per heavy atom. The molecule has 0 aromatic carbocycles. The average molecular weight is 234 g/mol. The van der Waals surface area contributed by atoms with E-state index in [-0.39, 0.29) is 32.6 Å². The molecule has 0 N–H and O–H groups in total. The Bertz CT molecular complexity index is 94.1. The number of aliphatic carboxylic acids is 1. The Morgan fingerprint density at radius 1 is 1.18 bits per heavy atom. The third-order valence-corrected chi connectivity index (χ3v) is 1.48. The second-order valence-electron chi connectivity index (χ2n) is 2.54. The van der Waals surface area contributed by atoms with E-state index in [1.807, 2.05) is 0 Å². The van der Waals surface area contributed by atoms with Crippen molar-refractivity contribution >= 4 is 5.97 Å². The topological polar surface area (TPSA) is 40.1 Å². The number of rotatable bonds is 6. The van der Waals surface area contributed by atoms with Gasteiger partial charge in [0.1, 0.15) is 0 Å². The molecule has 0 heterocycles. The molecule has 0 aliphatic rings. The summed E-state index contributed by atoms with van der Waals surface area (Å²) in [6.45, 7) is 2.14. The van der Waals surface area contributed by atoms with Gasteiger partial charge in [-0.3, -0.25) is 0 Å². The third-order valence-electron chi connectivity index (χ3n) is 1.48. The van der Waals surface area contributed by atoms with Crippen LogP contribution in [-0.2, 0) is 31.0 Å². The number of hydrogen-bond donors (Lipinski definition) is 0. The molecule has 0 atom stereocenters. The Balaban J connectivity index is 0. The van der Waals surface area contributed by atoms with Gasteiger partial charge in [-0.1, -0.05) is 32.6 Å². The van der Waals surface area contributed by atoms with Crippen molar-refractivity contribution in [3.05, 3.63) is 0 Å². The Morgan fingerprint density at radius 3 is 2.18 bits per heavy atom. The molecule has 60 valence electrons. The SMILES string of the molecule is CCCCCCCC(=O)[O-].[Zr+4]. The van der Waals surface area contributed by atoms with Crippen molar-refractivity contribution in [1.82, 2.24) is 0 Å². The molecule has 0 amide bonds. The van der Waals surface area contributed by atoms with Gasteiger partial charge >= 0.3 is 26.2 Å². The molecule has 0 aromatic rings. The van der Waals surface area contributed by atoms with Gasteiger partial charge in [-0.2, -0.15) is 0 Å². The predicted octanol–water partition coefficient (Wildman–Crippen LogP) is 1.09. The van der Waals surface area contributed by atoms with Crippen LogP contribution in [0.15, 0.2) is 0 Å². The maximum atomic E-state index is 9.92. The van der Waals surface area contributed by atoms with Crippen LogP contribution in [0.5, 0.6) is 0 Å². The van der Waals surface area contributed by atoms with E-state index in [1.54, 1.807) is 0 Å². The molecule has 0 bridgehead atoms. The quantitative estimate of drug-likeness (QED) is 0.646. The van der Waals surface area contributed by atoms with Gasteiger partial charge in [0.15, 0.2) is 0 Å².